The van der Waals surface area contributed by atoms with Gasteiger partial charge in [0.15, 0.2) is 0 Å². The highest BCUT2D eigenvalue weighted by Crippen LogP contribution is 2.15. The molecule has 108 valence electrons. The summed E-state index contributed by atoms with van der Waals surface area (Å²) in [6.07, 6.45) is 3.36. The minimum absolute atomic E-state index is 0.0267. The van der Waals surface area contributed by atoms with E-state index < -0.39 is 4.92 Å². The van der Waals surface area contributed by atoms with Crippen molar-refractivity contribution >= 4 is 17.8 Å². The predicted octanol–water partition coefficient (Wildman–Crippen LogP) is 2.97. The topological polar surface area (TPSA) is 88.9 Å². The van der Waals surface area contributed by atoms with E-state index in [1.54, 1.807) is 24.3 Å². The summed E-state index contributed by atoms with van der Waals surface area (Å²) < 4.78 is 0. The van der Waals surface area contributed by atoms with Gasteiger partial charge in [-0.3, -0.25) is 14.9 Å². The molecule has 0 fully saturated rings. The van der Waals surface area contributed by atoms with E-state index in [0.717, 1.165) is 0 Å². The molecule has 0 aliphatic rings. The van der Waals surface area contributed by atoms with Crippen LogP contribution in [0.15, 0.2) is 35.1 Å². The molecule has 1 aromatic carbocycles. The number of aromatic nitrogens is 2. The molecule has 0 bridgehead atoms. The van der Waals surface area contributed by atoms with Crippen molar-refractivity contribution in [3.8, 4) is 0 Å². The Kier molecular flexibility index (Phi) is 4.27. The second kappa shape index (κ2) is 6.13. The number of nitrogens with zero attached hydrogens (tertiary/aromatic N) is 2. The summed E-state index contributed by atoms with van der Waals surface area (Å²) in [5.74, 6) is 0.727. The molecule has 21 heavy (non-hydrogen) atoms. The molecule has 0 unspecified atom stereocenters. The van der Waals surface area contributed by atoms with Crippen LogP contribution in [0.2, 0.25) is 0 Å². The Morgan fingerprint density at radius 3 is 2.71 bits per heavy atom. The number of hydrogen-bond donors (Lipinski definition) is 1. The molecule has 6 nitrogen and oxygen atoms in total. The number of nitro benzene ring substituents is 1. The molecule has 0 saturated heterocycles. The summed E-state index contributed by atoms with van der Waals surface area (Å²) >= 11 is 0. The van der Waals surface area contributed by atoms with E-state index in [1.165, 1.54) is 18.2 Å². The number of rotatable bonds is 4. The lowest BCUT2D eigenvalue weighted by atomic mass is 10.1. The Bertz CT molecular complexity index is 748. The highest BCUT2D eigenvalue weighted by Gasteiger charge is 2.05. The summed E-state index contributed by atoms with van der Waals surface area (Å²) in [6.45, 7) is 3.87. The number of benzene rings is 1. The van der Waals surface area contributed by atoms with Gasteiger partial charge in [0, 0.05) is 24.1 Å². The zero-order valence-corrected chi connectivity index (χ0v) is 11.7. The fourth-order valence-electron chi connectivity index (χ4n) is 1.78. The predicted molar refractivity (Wildman–Crippen MR) is 81.0 cm³/mol. The SMILES string of the molecule is CC(C)c1nc(/C=C/c2cccc([N+](=O)[O-])c2)cc(=O)[nH]1. The van der Waals surface area contributed by atoms with E-state index in [1.807, 2.05) is 13.8 Å². The van der Waals surface area contributed by atoms with E-state index >= 15 is 0 Å². The van der Waals surface area contributed by atoms with Crippen molar-refractivity contribution < 1.29 is 4.92 Å². The third-order valence-electron chi connectivity index (χ3n) is 2.85. The molecule has 1 N–H and O–H groups in total. The maximum absolute atomic E-state index is 11.6. The zero-order valence-electron chi connectivity index (χ0n) is 11.7. The first-order valence-corrected chi connectivity index (χ1v) is 6.49. The van der Waals surface area contributed by atoms with E-state index in [0.29, 0.717) is 17.1 Å². The summed E-state index contributed by atoms with van der Waals surface area (Å²) in [4.78, 5) is 28.8. The molecule has 0 aliphatic heterocycles. The Balaban J connectivity index is 2.31. The summed E-state index contributed by atoms with van der Waals surface area (Å²) in [6, 6.07) is 7.65. The van der Waals surface area contributed by atoms with Gasteiger partial charge in [-0.1, -0.05) is 32.1 Å². The van der Waals surface area contributed by atoms with Crippen LogP contribution in [0.3, 0.4) is 0 Å². The maximum atomic E-state index is 11.6. The molecule has 6 heteroatoms. The minimum Gasteiger partial charge on any atom is -0.310 e. The van der Waals surface area contributed by atoms with Gasteiger partial charge in [0.2, 0.25) is 0 Å². The van der Waals surface area contributed by atoms with Gasteiger partial charge >= 0.3 is 0 Å². The molecule has 0 aliphatic carbocycles. The Morgan fingerprint density at radius 2 is 2.05 bits per heavy atom. The summed E-state index contributed by atoms with van der Waals surface area (Å²) in [5.41, 5.74) is 1.01. The molecule has 1 aromatic heterocycles. The van der Waals surface area contributed by atoms with E-state index in [9.17, 15) is 14.9 Å². The van der Waals surface area contributed by atoms with Crippen molar-refractivity contribution in [2.75, 3.05) is 0 Å². The van der Waals surface area contributed by atoms with Crippen LogP contribution in [-0.4, -0.2) is 14.9 Å². The lowest BCUT2D eigenvalue weighted by Gasteiger charge is -2.04. The first-order valence-electron chi connectivity index (χ1n) is 6.49. The molecule has 0 saturated carbocycles. The third kappa shape index (κ3) is 3.85. The van der Waals surface area contributed by atoms with Crippen LogP contribution in [0.25, 0.3) is 12.2 Å². The van der Waals surface area contributed by atoms with Gasteiger partial charge in [-0.25, -0.2) is 4.98 Å². The average molecular weight is 285 g/mol. The van der Waals surface area contributed by atoms with Crippen LogP contribution in [0.1, 0.15) is 36.8 Å². The largest absolute Gasteiger partial charge is 0.310 e. The molecular weight excluding hydrogens is 270 g/mol. The minimum atomic E-state index is -0.445. The molecule has 0 spiro atoms. The van der Waals surface area contributed by atoms with Gasteiger partial charge in [-0.15, -0.1) is 0 Å². The standard InChI is InChI=1S/C15H15N3O3/c1-10(2)15-16-12(9-14(19)17-15)7-6-11-4-3-5-13(8-11)18(20)21/h3-10H,1-2H3,(H,16,17,19)/b7-6+. The highest BCUT2D eigenvalue weighted by atomic mass is 16.6. The number of nitro groups is 1. The van der Waals surface area contributed by atoms with E-state index in [2.05, 4.69) is 9.97 Å². The average Bonchev–Trinajstić information content (AvgIpc) is 2.45. The number of nitrogens with one attached hydrogen (secondary N) is 1. The first kappa shape index (κ1) is 14.6. The van der Waals surface area contributed by atoms with Crippen molar-refractivity contribution in [3.63, 3.8) is 0 Å². The van der Waals surface area contributed by atoms with E-state index in [-0.39, 0.29) is 17.2 Å². The molecule has 0 amide bonds. The van der Waals surface area contributed by atoms with Gasteiger partial charge in [0.25, 0.3) is 11.2 Å². The Morgan fingerprint density at radius 1 is 1.29 bits per heavy atom. The summed E-state index contributed by atoms with van der Waals surface area (Å²) in [5, 5.41) is 10.7. The fourth-order valence-corrected chi connectivity index (χ4v) is 1.78. The first-order chi connectivity index (χ1) is 9.95. The van der Waals surface area contributed by atoms with Gasteiger partial charge in [-0.2, -0.15) is 0 Å². The van der Waals surface area contributed by atoms with Crippen LogP contribution in [0.5, 0.6) is 0 Å². The Hall–Kier alpha value is -2.76. The quantitative estimate of drug-likeness (QED) is 0.690. The number of H-pyrrole nitrogens is 1. The van der Waals surface area contributed by atoms with Crippen molar-refractivity contribution in [3.05, 3.63) is 67.9 Å². The monoisotopic (exact) mass is 285 g/mol. The lowest BCUT2D eigenvalue weighted by molar-refractivity contribution is -0.384. The zero-order chi connectivity index (χ0) is 15.4. The fraction of sp³-hybridized carbons (Fsp3) is 0.200. The van der Waals surface area contributed by atoms with Crippen LogP contribution < -0.4 is 5.56 Å². The van der Waals surface area contributed by atoms with Crippen molar-refractivity contribution in [2.24, 2.45) is 0 Å². The maximum Gasteiger partial charge on any atom is 0.270 e. The van der Waals surface area contributed by atoms with Gasteiger partial charge in [0.1, 0.15) is 5.82 Å². The van der Waals surface area contributed by atoms with Gasteiger partial charge in [-0.05, 0) is 11.6 Å². The van der Waals surface area contributed by atoms with Crippen molar-refractivity contribution in [2.45, 2.75) is 19.8 Å². The number of hydrogen-bond acceptors (Lipinski definition) is 4. The highest BCUT2D eigenvalue weighted by molar-refractivity contribution is 5.68. The number of non-ortho nitro benzene ring substituents is 1. The molecule has 1 heterocycles. The third-order valence-corrected chi connectivity index (χ3v) is 2.85. The van der Waals surface area contributed by atoms with Crippen molar-refractivity contribution in [1.29, 1.82) is 0 Å². The molecular formula is C15H15N3O3. The second-order valence-electron chi connectivity index (χ2n) is 4.90. The molecule has 2 rings (SSSR count). The van der Waals surface area contributed by atoms with Gasteiger partial charge in [0.05, 0.1) is 10.6 Å². The molecule has 0 radical (unpaired) electrons. The van der Waals surface area contributed by atoms with Crippen LogP contribution >= 0.6 is 0 Å². The smallest absolute Gasteiger partial charge is 0.270 e. The van der Waals surface area contributed by atoms with Crippen LogP contribution in [0.4, 0.5) is 5.69 Å². The number of aromatic amines is 1. The van der Waals surface area contributed by atoms with E-state index in [4.69, 9.17) is 0 Å². The second-order valence-corrected chi connectivity index (χ2v) is 4.90. The molecule has 2 aromatic rings. The lowest BCUT2D eigenvalue weighted by Crippen LogP contribution is -2.12. The van der Waals surface area contributed by atoms with Crippen molar-refractivity contribution in [1.82, 2.24) is 9.97 Å². The summed E-state index contributed by atoms with van der Waals surface area (Å²) in [7, 11) is 0. The Labute approximate surface area is 121 Å². The van der Waals surface area contributed by atoms with Crippen LogP contribution in [-0.2, 0) is 0 Å². The normalized spacial score (nSPS) is 11.2. The molecule has 0 atom stereocenters. The van der Waals surface area contributed by atoms with Crippen LogP contribution in [0, 0.1) is 10.1 Å². The van der Waals surface area contributed by atoms with Gasteiger partial charge < -0.3 is 4.98 Å².